The summed E-state index contributed by atoms with van der Waals surface area (Å²) in [5.41, 5.74) is 2.73. The number of carbonyl (C=O) groups excluding carboxylic acids is 1. The second kappa shape index (κ2) is 9.90. The zero-order valence-corrected chi connectivity index (χ0v) is 20.2. The molecule has 0 fully saturated rings. The van der Waals surface area contributed by atoms with Crippen LogP contribution < -0.4 is 9.64 Å². The van der Waals surface area contributed by atoms with E-state index >= 15 is 0 Å². The van der Waals surface area contributed by atoms with Gasteiger partial charge in [-0.1, -0.05) is 51.1 Å². The van der Waals surface area contributed by atoms with Gasteiger partial charge in [0.05, 0.1) is 11.3 Å². The number of amides is 1. The van der Waals surface area contributed by atoms with Crippen LogP contribution in [0.3, 0.4) is 0 Å². The quantitative estimate of drug-likeness (QED) is 0.330. The van der Waals surface area contributed by atoms with Gasteiger partial charge < -0.3 is 14.5 Å². The lowest BCUT2D eigenvalue weighted by atomic mass is 9.94. The molecule has 1 unspecified atom stereocenters. The summed E-state index contributed by atoms with van der Waals surface area (Å²) in [6.07, 6.45) is -0.572. The first-order chi connectivity index (χ1) is 15.7. The first kappa shape index (κ1) is 24.0. The molecule has 7 nitrogen and oxygen atoms in total. The van der Waals surface area contributed by atoms with Gasteiger partial charge in [0, 0.05) is 37.0 Å². The van der Waals surface area contributed by atoms with Crippen molar-refractivity contribution < 1.29 is 14.4 Å². The molecule has 2 aromatic carbocycles. The number of anilines is 1. The maximum absolute atomic E-state index is 12.9. The number of nitrogens with zero attached hydrogens (tertiary/aromatic N) is 4. The van der Waals surface area contributed by atoms with E-state index in [0.717, 1.165) is 22.5 Å². The summed E-state index contributed by atoms with van der Waals surface area (Å²) in [5.74, 6) is 1.33. The van der Waals surface area contributed by atoms with Crippen LogP contribution in [0.5, 0.6) is 11.6 Å². The van der Waals surface area contributed by atoms with E-state index in [0.29, 0.717) is 18.2 Å². The highest BCUT2D eigenvalue weighted by Gasteiger charge is 2.30. The summed E-state index contributed by atoms with van der Waals surface area (Å²) in [6, 6.07) is 17.2. The van der Waals surface area contributed by atoms with Crippen LogP contribution in [0.25, 0.3) is 0 Å². The number of aromatic nitrogens is 2. The molecule has 0 aliphatic rings. The molecular weight excluding hydrogens is 416 g/mol. The zero-order chi connectivity index (χ0) is 24.2. The van der Waals surface area contributed by atoms with Crippen LogP contribution >= 0.6 is 0 Å². The third-order valence-electron chi connectivity index (χ3n) is 5.32. The monoisotopic (exact) mass is 448 g/mol. The molecule has 0 aliphatic carbocycles. The van der Waals surface area contributed by atoms with Crippen molar-refractivity contribution in [2.45, 2.75) is 40.7 Å². The number of benzene rings is 2. The molecular formula is C26H32N4O3. The van der Waals surface area contributed by atoms with Gasteiger partial charge in [0.15, 0.2) is 6.10 Å². The summed E-state index contributed by atoms with van der Waals surface area (Å²) in [5, 5.41) is 8.26. The summed E-state index contributed by atoms with van der Waals surface area (Å²) < 4.78 is 7.85. The summed E-state index contributed by atoms with van der Waals surface area (Å²) in [4.78, 5) is 20.4. The van der Waals surface area contributed by atoms with Crippen LogP contribution in [0.4, 0.5) is 5.69 Å². The molecule has 0 saturated carbocycles. The standard InChI is InChI=1S/C26H32N4O3/c1-8-30(25(31)26(3,4)5)20-16-14-19(15-17-20)23(33-27-6)22-18(2)28-29(7)24(22)32-21-12-10-9-11-13-21/h9-17,23H,6,8H2,1-5,7H3. The van der Waals surface area contributed by atoms with Crippen molar-refractivity contribution in [1.29, 1.82) is 0 Å². The minimum atomic E-state index is -0.572. The highest BCUT2D eigenvalue weighted by molar-refractivity contribution is 5.96. The maximum Gasteiger partial charge on any atom is 0.232 e. The SMILES string of the molecule is C=NOC(c1ccc(N(CC)C(=O)C(C)(C)C)cc1)c1c(C)nn(C)c1Oc1ccccc1. The van der Waals surface area contributed by atoms with Crippen LogP contribution in [0.15, 0.2) is 59.8 Å². The van der Waals surface area contributed by atoms with E-state index in [1.165, 1.54) is 0 Å². The van der Waals surface area contributed by atoms with Gasteiger partial charge in [-0.2, -0.15) is 5.10 Å². The van der Waals surface area contributed by atoms with E-state index in [2.05, 4.69) is 17.0 Å². The highest BCUT2D eigenvalue weighted by Crippen LogP contribution is 2.38. The Bertz CT molecular complexity index is 1100. The fraction of sp³-hybridized carbons (Fsp3) is 0.346. The van der Waals surface area contributed by atoms with Crippen LogP contribution in [-0.2, 0) is 16.7 Å². The Labute approximate surface area is 195 Å². The van der Waals surface area contributed by atoms with Gasteiger partial charge in [0.25, 0.3) is 0 Å². The Hall–Kier alpha value is -3.61. The summed E-state index contributed by atoms with van der Waals surface area (Å²) in [7, 11) is 1.83. The van der Waals surface area contributed by atoms with Crippen LogP contribution in [0.2, 0.25) is 0 Å². The lowest BCUT2D eigenvalue weighted by Crippen LogP contribution is -2.39. The second-order valence-electron chi connectivity index (χ2n) is 8.85. The second-order valence-corrected chi connectivity index (χ2v) is 8.85. The van der Waals surface area contributed by atoms with E-state index < -0.39 is 11.5 Å². The number of hydrogen-bond acceptors (Lipinski definition) is 5. The van der Waals surface area contributed by atoms with Crippen molar-refractivity contribution in [3.63, 3.8) is 0 Å². The molecule has 0 radical (unpaired) electrons. The molecule has 1 amide bonds. The molecule has 1 aromatic heterocycles. The molecule has 1 heterocycles. The van der Waals surface area contributed by atoms with Crippen LogP contribution in [-0.4, -0.2) is 28.9 Å². The largest absolute Gasteiger partial charge is 0.439 e. The lowest BCUT2D eigenvalue weighted by Gasteiger charge is -2.29. The first-order valence-corrected chi connectivity index (χ1v) is 11.0. The third kappa shape index (κ3) is 5.25. The first-order valence-electron chi connectivity index (χ1n) is 11.0. The van der Waals surface area contributed by atoms with E-state index in [9.17, 15) is 4.79 Å². The average molecular weight is 449 g/mol. The number of ether oxygens (including phenoxy) is 1. The highest BCUT2D eigenvalue weighted by atomic mass is 16.6. The van der Waals surface area contributed by atoms with Crippen molar-refractivity contribution >= 4 is 18.3 Å². The molecule has 0 saturated heterocycles. The van der Waals surface area contributed by atoms with Gasteiger partial charge in [0.2, 0.25) is 11.8 Å². The lowest BCUT2D eigenvalue weighted by molar-refractivity contribution is -0.125. The molecule has 0 aliphatic heterocycles. The molecule has 1 atom stereocenters. The van der Waals surface area contributed by atoms with Gasteiger partial charge in [-0.05, 0) is 38.1 Å². The van der Waals surface area contributed by atoms with E-state index in [4.69, 9.17) is 9.57 Å². The van der Waals surface area contributed by atoms with Crippen LogP contribution in [0.1, 0.15) is 50.6 Å². The van der Waals surface area contributed by atoms with E-state index in [-0.39, 0.29) is 5.91 Å². The van der Waals surface area contributed by atoms with E-state index in [1.807, 2.05) is 96.3 Å². The Kier molecular flexibility index (Phi) is 7.21. The maximum atomic E-state index is 12.9. The number of hydrogen-bond donors (Lipinski definition) is 0. The minimum Gasteiger partial charge on any atom is -0.439 e. The van der Waals surface area contributed by atoms with Gasteiger partial charge >= 0.3 is 0 Å². The Morgan fingerprint density at radius 3 is 2.33 bits per heavy atom. The van der Waals surface area contributed by atoms with Crippen LogP contribution in [0, 0.1) is 12.3 Å². The number of aryl methyl sites for hydroxylation is 2. The summed E-state index contributed by atoms with van der Waals surface area (Å²) >= 11 is 0. The van der Waals surface area contributed by atoms with Gasteiger partial charge in [-0.3, -0.25) is 4.79 Å². The zero-order valence-electron chi connectivity index (χ0n) is 20.2. The Morgan fingerprint density at radius 1 is 1.15 bits per heavy atom. The van der Waals surface area contributed by atoms with Gasteiger partial charge in [-0.15, -0.1) is 5.16 Å². The number of carbonyl (C=O) groups is 1. The van der Waals surface area contributed by atoms with Crippen molar-refractivity contribution in [3.05, 3.63) is 71.4 Å². The Balaban J connectivity index is 1.99. The molecule has 174 valence electrons. The fourth-order valence-electron chi connectivity index (χ4n) is 3.71. The topological polar surface area (TPSA) is 69.0 Å². The van der Waals surface area contributed by atoms with Crippen molar-refractivity contribution in [3.8, 4) is 11.6 Å². The van der Waals surface area contributed by atoms with E-state index in [1.54, 1.807) is 9.58 Å². The molecule has 33 heavy (non-hydrogen) atoms. The predicted octanol–water partition coefficient (Wildman–Crippen LogP) is 5.64. The Morgan fingerprint density at radius 2 is 1.79 bits per heavy atom. The molecule has 0 spiro atoms. The average Bonchev–Trinajstić information content (AvgIpc) is 3.05. The number of rotatable bonds is 8. The molecule has 0 bridgehead atoms. The predicted molar refractivity (Wildman–Crippen MR) is 131 cm³/mol. The minimum absolute atomic E-state index is 0.0694. The fourth-order valence-corrected chi connectivity index (χ4v) is 3.71. The smallest absolute Gasteiger partial charge is 0.232 e. The van der Waals surface area contributed by atoms with Crippen molar-refractivity contribution in [2.24, 2.45) is 17.6 Å². The molecule has 3 aromatic rings. The molecule has 3 rings (SSSR count). The summed E-state index contributed by atoms with van der Waals surface area (Å²) in [6.45, 7) is 13.7. The van der Waals surface area contributed by atoms with Gasteiger partial charge in [0.1, 0.15) is 5.75 Å². The third-order valence-corrected chi connectivity index (χ3v) is 5.32. The van der Waals surface area contributed by atoms with Crippen molar-refractivity contribution in [2.75, 3.05) is 11.4 Å². The van der Waals surface area contributed by atoms with Gasteiger partial charge in [-0.25, -0.2) is 4.68 Å². The van der Waals surface area contributed by atoms with Crippen molar-refractivity contribution in [1.82, 2.24) is 9.78 Å². The molecule has 7 heteroatoms. The normalized spacial score (nSPS) is 12.2. The number of oxime groups is 1. The number of para-hydroxylation sites is 1. The molecule has 0 N–H and O–H groups in total.